The SMILES string of the molecule is CC(C)(C)OC(=O)NC1=NC(c2cc(N)ccc2F)C(F)(F)CO1. The van der Waals surface area contributed by atoms with E-state index in [0.29, 0.717) is 0 Å². The molecular formula is C15H18F3N3O3. The molecule has 0 radical (unpaired) electrons. The first kappa shape index (κ1) is 17.9. The highest BCUT2D eigenvalue weighted by Gasteiger charge is 2.46. The Labute approximate surface area is 136 Å². The van der Waals surface area contributed by atoms with Crippen LogP contribution < -0.4 is 11.1 Å². The van der Waals surface area contributed by atoms with Gasteiger partial charge in [0.2, 0.25) is 0 Å². The molecule has 0 fully saturated rings. The number of ether oxygens (including phenoxy) is 2. The molecule has 1 amide bonds. The summed E-state index contributed by atoms with van der Waals surface area (Å²) in [6.07, 6.45) is -0.918. The van der Waals surface area contributed by atoms with E-state index in [9.17, 15) is 18.0 Å². The number of carbonyl (C=O) groups excluding carboxylic acids is 1. The second-order valence-electron chi connectivity index (χ2n) is 6.29. The number of amidine groups is 1. The van der Waals surface area contributed by atoms with Crippen LogP contribution in [0.5, 0.6) is 0 Å². The number of hydrogen-bond acceptors (Lipinski definition) is 5. The van der Waals surface area contributed by atoms with Crippen molar-refractivity contribution < 1.29 is 27.4 Å². The van der Waals surface area contributed by atoms with Crippen molar-refractivity contribution in [2.75, 3.05) is 12.3 Å². The van der Waals surface area contributed by atoms with Crippen molar-refractivity contribution >= 4 is 17.8 Å². The fourth-order valence-corrected chi connectivity index (χ4v) is 2.02. The van der Waals surface area contributed by atoms with Crippen molar-refractivity contribution in [2.24, 2.45) is 4.99 Å². The number of nitrogens with two attached hydrogens (primary N) is 1. The van der Waals surface area contributed by atoms with Crippen LogP contribution in [-0.2, 0) is 9.47 Å². The van der Waals surface area contributed by atoms with E-state index in [1.165, 1.54) is 6.07 Å². The van der Waals surface area contributed by atoms with Gasteiger partial charge in [0.05, 0.1) is 0 Å². The Bertz CT molecular complexity index is 672. The highest BCUT2D eigenvalue weighted by Crippen LogP contribution is 2.39. The number of nitrogens with zero attached hydrogens (tertiary/aromatic N) is 1. The zero-order chi connectivity index (χ0) is 18.1. The molecule has 2 rings (SSSR count). The molecule has 0 aromatic heterocycles. The first-order valence-electron chi connectivity index (χ1n) is 7.11. The molecule has 1 unspecified atom stereocenters. The highest BCUT2D eigenvalue weighted by molar-refractivity contribution is 5.91. The summed E-state index contributed by atoms with van der Waals surface area (Å²) in [5, 5.41) is 2.13. The molecule has 132 valence electrons. The Morgan fingerprint density at radius 3 is 2.75 bits per heavy atom. The lowest BCUT2D eigenvalue weighted by atomic mass is 9.99. The molecule has 1 aromatic carbocycles. The van der Waals surface area contributed by atoms with Crippen molar-refractivity contribution in [3.05, 3.63) is 29.6 Å². The molecule has 6 nitrogen and oxygen atoms in total. The van der Waals surface area contributed by atoms with E-state index in [1.54, 1.807) is 20.8 Å². The summed E-state index contributed by atoms with van der Waals surface area (Å²) < 4.78 is 51.7. The number of rotatable bonds is 1. The molecule has 1 aromatic rings. The van der Waals surface area contributed by atoms with Crippen molar-refractivity contribution in [3.63, 3.8) is 0 Å². The first-order chi connectivity index (χ1) is 11.0. The van der Waals surface area contributed by atoms with E-state index >= 15 is 0 Å². The normalized spacial score (nSPS) is 19.9. The van der Waals surface area contributed by atoms with Gasteiger partial charge >= 0.3 is 12.0 Å². The molecule has 0 spiro atoms. The van der Waals surface area contributed by atoms with E-state index in [4.69, 9.17) is 15.2 Å². The smallest absolute Gasteiger partial charge is 0.415 e. The minimum Gasteiger partial charge on any atom is -0.458 e. The lowest BCUT2D eigenvalue weighted by molar-refractivity contribution is -0.0801. The van der Waals surface area contributed by atoms with Gasteiger partial charge in [0.25, 0.3) is 6.02 Å². The van der Waals surface area contributed by atoms with Gasteiger partial charge in [0, 0.05) is 11.3 Å². The van der Waals surface area contributed by atoms with Gasteiger partial charge in [0.15, 0.2) is 12.6 Å². The van der Waals surface area contributed by atoms with Gasteiger partial charge in [-0.15, -0.1) is 0 Å². The highest BCUT2D eigenvalue weighted by atomic mass is 19.3. The quantitative estimate of drug-likeness (QED) is 0.766. The summed E-state index contributed by atoms with van der Waals surface area (Å²) in [5.74, 6) is -4.34. The second kappa shape index (κ2) is 6.21. The van der Waals surface area contributed by atoms with E-state index < -0.39 is 42.1 Å². The Balaban J connectivity index is 2.28. The molecule has 24 heavy (non-hydrogen) atoms. The third-order valence-electron chi connectivity index (χ3n) is 2.97. The Morgan fingerprint density at radius 2 is 2.12 bits per heavy atom. The Morgan fingerprint density at radius 1 is 1.46 bits per heavy atom. The first-order valence-corrected chi connectivity index (χ1v) is 7.11. The summed E-state index contributed by atoms with van der Waals surface area (Å²) in [6, 6.07) is 0.960. The molecule has 1 aliphatic rings. The van der Waals surface area contributed by atoms with Gasteiger partial charge in [-0.2, -0.15) is 0 Å². The van der Waals surface area contributed by atoms with Gasteiger partial charge < -0.3 is 15.2 Å². The van der Waals surface area contributed by atoms with Crippen LogP contribution in [-0.4, -0.2) is 30.2 Å². The van der Waals surface area contributed by atoms with Gasteiger partial charge in [0.1, 0.15) is 11.4 Å². The van der Waals surface area contributed by atoms with Gasteiger partial charge in [-0.05, 0) is 39.0 Å². The summed E-state index contributed by atoms with van der Waals surface area (Å²) >= 11 is 0. The Hall–Kier alpha value is -2.45. The zero-order valence-electron chi connectivity index (χ0n) is 13.4. The summed E-state index contributed by atoms with van der Waals surface area (Å²) in [4.78, 5) is 15.3. The van der Waals surface area contributed by atoms with E-state index in [-0.39, 0.29) is 11.3 Å². The number of hydrogen-bond donors (Lipinski definition) is 2. The number of benzene rings is 1. The number of nitrogen functional groups attached to an aromatic ring is 1. The predicted molar refractivity (Wildman–Crippen MR) is 81.3 cm³/mol. The van der Waals surface area contributed by atoms with Crippen LogP contribution in [0.3, 0.4) is 0 Å². The number of anilines is 1. The molecule has 1 aliphatic heterocycles. The maximum Gasteiger partial charge on any atom is 0.415 e. The van der Waals surface area contributed by atoms with Gasteiger partial charge in [-0.25, -0.2) is 28.3 Å². The molecular weight excluding hydrogens is 327 g/mol. The van der Waals surface area contributed by atoms with Crippen LogP contribution in [0.4, 0.5) is 23.7 Å². The third-order valence-corrected chi connectivity index (χ3v) is 2.97. The van der Waals surface area contributed by atoms with Crippen LogP contribution >= 0.6 is 0 Å². The van der Waals surface area contributed by atoms with Crippen LogP contribution in [0, 0.1) is 5.82 Å². The third kappa shape index (κ3) is 4.30. The van der Waals surface area contributed by atoms with Crippen LogP contribution in [0.1, 0.15) is 32.4 Å². The van der Waals surface area contributed by atoms with Crippen LogP contribution in [0.2, 0.25) is 0 Å². The molecule has 9 heteroatoms. The van der Waals surface area contributed by atoms with Crippen molar-refractivity contribution in [1.82, 2.24) is 5.32 Å². The number of alkyl carbamates (subject to hydrolysis) is 1. The summed E-state index contributed by atoms with van der Waals surface area (Å²) in [7, 11) is 0. The zero-order valence-corrected chi connectivity index (χ0v) is 13.4. The number of halogens is 3. The average Bonchev–Trinajstić information content (AvgIpc) is 2.41. The van der Waals surface area contributed by atoms with E-state index in [2.05, 4.69) is 10.3 Å². The van der Waals surface area contributed by atoms with Gasteiger partial charge in [-0.1, -0.05) is 0 Å². The molecule has 0 bridgehead atoms. The lowest BCUT2D eigenvalue weighted by Gasteiger charge is -2.30. The largest absolute Gasteiger partial charge is 0.458 e. The minimum absolute atomic E-state index is 0.116. The number of carbonyl (C=O) groups is 1. The second-order valence-corrected chi connectivity index (χ2v) is 6.29. The van der Waals surface area contributed by atoms with E-state index in [0.717, 1.165) is 12.1 Å². The average molecular weight is 345 g/mol. The fourth-order valence-electron chi connectivity index (χ4n) is 2.02. The number of nitrogens with one attached hydrogen (secondary N) is 1. The standard InChI is InChI=1S/C15H18F3N3O3/c1-14(2,3)24-13(22)21-12-20-11(15(17,18)7-23-12)9-6-8(19)4-5-10(9)16/h4-6,11H,7,19H2,1-3H3,(H,20,21,22). The number of amides is 1. The van der Waals surface area contributed by atoms with Crippen molar-refractivity contribution in [1.29, 1.82) is 0 Å². The molecule has 3 N–H and O–H groups in total. The van der Waals surface area contributed by atoms with Crippen molar-refractivity contribution in [2.45, 2.75) is 38.3 Å². The van der Waals surface area contributed by atoms with Gasteiger partial charge in [-0.3, -0.25) is 0 Å². The molecule has 1 atom stereocenters. The summed E-state index contributed by atoms with van der Waals surface area (Å²) in [5.41, 5.74) is 4.47. The Kier molecular flexibility index (Phi) is 4.63. The summed E-state index contributed by atoms with van der Waals surface area (Å²) in [6.45, 7) is 3.83. The van der Waals surface area contributed by atoms with Crippen LogP contribution in [0.25, 0.3) is 0 Å². The van der Waals surface area contributed by atoms with Crippen LogP contribution in [0.15, 0.2) is 23.2 Å². The maximum atomic E-state index is 14.1. The van der Waals surface area contributed by atoms with E-state index in [1.807, 2.05) is 0 Å². The molecule has 0 aliphatic carbocycles. The monoisotopic (exact) mass is 345 g/mol. The maximum absolute atomic E-state index is 14.1. The molecule has 1 heterocycles. The lowest BCUT2D eigenvalue weighted by Crippen LogP contribution is -2.45. The molecule has 0 saturated heterocycles. The topological polar surface area (TPSA) is 85.9 Å². The number of aliphatic imine (C=N–C) groups is 1. The predicted octanol–water partition coefficient (Wildman–Crippen LogP) is 3.00. The number of alkyl halides is 2. The minimum atomic E-state index is -3.46. The fraction of sp³-hybridized carbons (Fsp3) is 0.467. The van der Waals surface area contributed by atoms with Crippen molar-refractivity contribution in [3.8, 4) is 0 Å². The molecule has 0 saturated carbocycles.